The Morgan fingerprint density at radius 3 is 2.77 bits per heavy atom. The topological polar surface area (TPSA) is 105 Å². The summed E-state index contributed by atoms with van der Waals surface area (Å²) < 4.78 is 0. The number of aryl methyl sites for hydroxylation is 1. The van der Waals surface area contributed by atoms with Crippen LogP contribution in [0.1, 0.15) is 34.1 Å². The molecule has 8 heteroatoms. The zero-order chi connectivity index (χ0) is 18.5. The maximum Gasteiger partial charge on any atom is 0.305 e. The molecule has 2 N–H and O–H groups in total. The second-order valence-electron chi connectivity index (χ2n) is 5.61. The lowest BCUT2D eigenvalue weighted by molar-refractivity contribution is -0.137. The van der Waals surface area contributed by atoms with Gasteiger partial charge in [-0.05, 0) is 18.1 Å². The molecule has 0 aliphatic heterocycles. The third kappa shape index (κ3) is 4.09. The molecule has 3 aromatic rings. The largest absolute Gasteiger partial charge is 0.481 e. The van der Waals surface area contributed by atoms with Gasteiger partial charge in [-0.1, -0.05) is 24.3 Å². The number of hydrogen-bond acceptors (Lipinski definition) is 6. The molecular weight excluding hydrogens is 352 g/mol. The first-order valence-electron chi connectivity index (χ1n) is 7.84. The third-order valence-corrected chi connectivity index (χ3v) is 4.63. The van der Waals surface area contributed by atoms with Gasteiger partial charge in [-0.25, -0.2) is 4.98 Å². The van der Waals surface area contributed by atoms with Gasteiger partial charge in [-0.15, -0.1) is 11.3 Å². The zero-order valence-electron chi connectivity index (χ0n) is 13.9. The minimum Gasteiger partial charge on any atom is -0.481 e. The molecule has 7 nitrogen and oxygen atoms in total. The highest BCUT2D eigenvalue weighted by atomic mass is 32.1. The average Bonchev–Trinajstić information content (AvgIpc) is 3.12. The van der Waals surface area contributed by atoms with Gasteiger partial charge in [0.2, 0.25) is 0 Å². The molecule has 26 heavy (non-hydrogen) atoms. The van der Waals surface area contributed by atoms with Crippen molar-refractivity contribution < 1.29 is 14.7 Å². The third-order valence-electron chi connectivity index (χ3n) is 3.77. The standard InChI is InChI=1S/C18H16N4O3S/c1-11-4-2-3-5-12(11)13(8-16(23)24)21-17(25)15-10-26-18(22-15)14-9-19-6-7-20-14/h2-7,9-10,13H,8H2,1H3,(H,21,25)(H,23,24)/t13-/m0/s1. The van der Waals surface area contributed by atoms with Crippen LogP contribution in [0, 0.1) is 6.92 Å². The van der Waals surface area contributed by atoms with Gasteiger partial charge < -0.3 is 10.4 Å². The van der Waals surface area contributed by atoms with E-state index in [1.807, 2.05) is 31.2 Å². The highest BCUT2D eigenvalue weighted by molar-refractivity contribution is 7.13. The summed E-state index contributed by atoms with van der Waals surface area (Å²) in [4.78, 5) is 36.2. The van der Waals surface area contributed by atoms with Gasteiger partial charge in [0.15, 0.2) is 0 Å². The summed E-state index contributed by atoms with van der Waals surface area (Å²) in [5, 5.41) is 14.2. The summed E-state index contributed by atoms with van der Waals surface area (Å²) in [5.41, 5.74) is 2.49. The van der Waals surface area contributed by atoms with Gasteiger partial charge in [0.05, 0.1) is 18.7 Å². The fourth-order valence-electron chi connectivity index (χ4n) is 2.53. The highest BCUT2D eigenvalue weighted by Gasteiger charge is 2.22. The van der Waals surface area contributed by atoms with Crippen molar-refractivity contribution in [3.63, 3.8) is 0 Å². The van der Waals surface area contributed by atoms with Crippen LogP contribution in [0.3, 0.4) is 0 Å². The minimum atomic E-state index is -0.989. The number of rotatable bonds is 6. The number of carbonyl (C=O) groups excluding carboxylic acids is 1. The SMILES string of the molecule is Cc1ccccc1[C@H](CC(=O)O)NC(=O)c1csc(-c2cnccn2)n1. The van der Waals surface area contributed by atoms with Crippen LogP contribution >= 0.6 is 11.3 Å². The van der Waals surface area contributed by atoms with E-state index in [4.69, 9.17) is 0 Å². The molecule has 0 unspecified atom stereocenters. The Kier molecular flexibility index (Phi) is 5.33. The van der Waals surface area contributed by atoms with Crippen molar-refractivity contribution >= 4 is 23.2 Å². The maximum atomic E-state index is 12.6. The zero-order valence-corrected chi connectivity index (χ0v) is 14.7. The molecule has 1 atom stereocenters. The Labute approximate surface area is 153 Å². The van der Waals surface area contributed by atoms with E-state index in [2.05, 4.69) is 20.3 Å². The molecule has 0 spiro atoms. The number of benzene rings is 1. The van der Waals surface area contributed by atoms with Crippen molar-refractivity contribution in [3.05, 3.63) is 65.1 Å². The summed E-state index contributed by atoms with van der Waals surface area (Å²) in [6, 6.07) is 6.74. The fraction of sp³-hybridized carbons (Fsp3) is 0.167. The molecule has 0 aliphatic rings. The molecule has 2 heterocycles. The van der Waals surface area contributed by atoms with Gasteiger partial charge in [0.25, 0.3) is 5.91 Å². The molecule has 2 aromatic heterocycles. The average molecular weight is 368 g/mol. The summed E-state index contributed by atoms with van der Waals surface area (Å²) in [7, 11) is 0. The number of carboxylic acids is 1. The quantitative estimate of drug-likeness (QED) is 0.693. The first kappa shape index (κ1) is 17.7. The lowest BCUT2D eigenvalue weighted by Crippen LogP contribution is -2.30. The first-order chi connectivity index (χ1) is 12.5. The van der Waals surface area contributed by atoms with Crippen LogP contribution in [-0.4, -0.2) is 31.9 Å². The van der Waals surface area contributed by atoms with E-state index < -0.39 is 17.9 Å². The fourth-order valence-corrected chi connectivity index (χ4v) is 3.29. The maximum absolute atomic E-state index is 12.6. The highest BCUT2D eigenvalue weighted by Crippen LogP contribution is 2.23. The van der Waals surface area contributed by atoms with Crippen molar-refractivity contribution in [1.82, 2.24) is 20.3 Å². The van der Waals surface area contributed by atoms with E-state index >= 15 is 0 Å². The Morgan fingerprint density at radius 2 is 2.08 bits per heavy atom. The molecule has 0 aliphatic carbocycles. The number of nitrogens with one attached hydrogen (secondary N) is 1. The molecule has 0 saturated carbocycles. The second kappa shape index (κ2) is 7.83. The van der Waals surface area contributed by atoms with E-state index in [0.29, 0.717) is 10.7 Å². The molecule has 0 radical (unpaired) electrons. The van der Waals surface area contributed by atoms with Crippen LogP contribution < -0.4 is 5.32 Å². The molecule has 0 bridgehead atoms. The molecule has 0 saturated heterocycles. The smallest absolute Gasteiger partial charge is 0.305 e. The Balaban J connectivity index is 1.81. The second-order valence-corrected chi connectivity index (χ2v) is 6.47. The van der Waals surface area contributed by atoms with E-state index in [1.165, 1.54) is 11.3 Å². The lowest BCUT2D eigenvalue weighted by Gasteiger charge is -2.18. The number of aliphatic carboxylic acids is 1. The normalized spacial score (nSPS) is 11.7. The molecule has 3 rings (SSSR count). The van der Waals surface area contributed by atoms with Crippen LogP contribution in [0.4, 0.5) is 0 Å². The Morgan fingerprint density at radius 1 is 1.27 bits per heavy atom. The van der Waals surface area contributed by atoms with Crippen LogP contribution in [0.2, 0.25) is 0 Å². The van der Waals surface area contributed by atoms with Gasteiger partial charge in [-0.2, -0.15) is 0 Å². The summed E-state index contributed by atoms with van der Waals surface area (Å²) in [6.45, 7) is 1.88. The van der Waals surface area contributed by atoms with Gasteiger partial charge in [-0.3, -0.25) is 19.6 Å². The van der Waals surface area contributed by atoms with Gasteiger partial charge in [0, 0.05) is 17.8 Å². The Hall–Kier alpha value is -3.13. The monoisotopic (exact) mass is 368 g/mol. The number of nitrogens with zero attached hydrogens (tertiary/aromatic N) is 3. The van der Waals surface area contributed by atoms with Crippen LogP contribution in [-0.2, 0) is 4.79 Å². The van der Waals surface area contributed by atoms with Crippen molar-refractivity contribution in [2.45, 2.75) is 19.4 Å². The van der Waals surface area contributed by atoms with E-state index in [1.54, 1.807) is 24.0 Å². The van der Waals surface area contributed by atoms with Crippen molar-refractivity contribution in [2.24, 2.45) is 0 Å². The van der Waals surface area contributed by atoms with E-state index in [-0.39, 0.29) is 12.1 Å². The molecule has 1 amide bonds. The number of carbonyl (C=O) groups is 2. The van der Waals surface area contributed by atoms with Crippen LogP contribution in [0.5, 0.6) is 0 Å². The summed E-state index contributed by atoms with van der Waals surface area (Å²) in [6.07, 6.45) is 4.47. The number of thiazole rings is 1. The van der Waals surface area contributed by atoms with Crippen molar-refractivity contribution in [3.8, 4) is 10.7 Å². The lowest BCUT2D eigenvalue weighted by atomic mass is 9.98. The number of aromatic nitrogens is 3. The minimum absolute atomic E-state index is 0.211. The molecule has 1 aromatic carbocycles. The Bertz CT molecular complexity index is 927. The molecule has 0 fully saturated rings. The van der Waals surface area contributed by atoms with Crippen molar-refractivity contribution in [2.75, 3.05) is 0 Å². The van der Waals surface area contributed by atoms with Crippen LogP contribution in [0.15, 0.2) is 48.2 Å². The van der Waals surface area contributed by atoms with Gasteiger partial charge in [0.1, 0.15) is 16.4 Å². The first-order valence-corrected chi connectivity index (χ1v) is 8.72. The van der Waals surface area contributed by atoms with Crippen LogP contribution in [0.25, 0.3) is 10.7 Å². The van der Waals surface area contributed by atoms with E-state index in [9.17, 15) is 14.7 Å². The van der Waals surface area contributed by atoms with Crippen molar-refractivity contribution in [1.29, 1.82) is 0 Å². The number of hydrogen-bond donors (Lipinski definition) is 2. The van der Waals surface area contributed by atoms with E-state index in [0.717, 1.165) is 11.1 Å². The predicted octanol–water partition coefficient (Wildman–Crippen LogP) is 2.85. The number of amides is 1. The predicted molar refractivity (Wildman–Crippen MR) is 96.8 cm³/mol. The molecular formula is C18H16N4O3S. The summed E-state index contributed by atoms with van der Waals surface area (Å²) in [5.74, 6) is -1.41. The summed E-state index contributed by atoms with van der Waals surface area (Å²) >= 11 is 1.28. The molecule has 132 valence electrons. The van der Waals surface area contributed by atoms with Gasteiger partial charge >= 0.3 is 5.97 Å². The number of carboxylic acid groups (broad SMARTS) is 1.